The molecule has 184 valence electrons. The Balaban J connectivity index is 1.58. The third-order valence-corrected chi connectivity index (χ3v) is 7.25. The lowest BCUT2D eigenvalue weighted by molar-refractivity contribution is 0.0596. The molecule has 1 fully saturated rings. The molecule has 9 heteroatoms. The Morgan fingerprint density at radius 3 is 2.63 bits per heavy atom. The van der Waals surface area contributed by atoms with E-state index in [4.69, 9.17) is 15.2 Å². The van der Waals surface area contributed by atoms with Gasteiger partial charge in [0, 0.05) is 24.7 Å². The highest BCUT2D eigenvalue weighted by Crippen LogP contribution is 2.50. The number of carbonyl (C=O) groups excluding carboxylic acids is 1. The van der Waals surface area contributed by atoms with Crippen molar-refractivity contribution >= 4 is 28.2 Å². The Kier molecular flexibility index (Phi) is 5.86. The lowest BCUT2D eigenvalue weighted by atomic mass is 9.74. The molecule has 0 unspecified atom stereocenters. The number of fused-ring (bicyclic) bond motifs is 1. The van der Waals surface area contributed by atoms with Crippen molar-refractivity contribution in [2.45, 2.75) is 44.1 Å². The molecule has 1 aliphatic heterocycles. The highest BCUT2D eigenvalue weighted by molar-refractivity contribution is 6.03. The van der Waals surface area contributed by atoms with Crippen LogP contribution in [0.5, 0.6) is 5.75 Å². The topological polar surface area (TPSA) is 95.6 Å². The summed E-state index contributed by atoms with van der Waals surface area (Å²) in [7, 11) is 1.20. The van der Waals surface area contributed by atoms with E-state index in [2.05, 4.69) is 5.32 Å². The standard InChI is InChI=1S/C26H27F2N3O4/c1-34-25(33)17-14-31-22-18(23(17)32)20(29)19(28)21(24(22)35-13-11-26(31)9-3-10-26)30-12-2-4-15-5-7-16(27)8-6-15/h5-8,14,30H,2-4,9-13,29H2,1H3. The van der Waals surface area contributed by atoms with Gasteiger partial charge in [-0.25, -0.2) is 13.6 Å². The number of rotatable bonds is 6. The largest absolute Gasteiger partial charge is 0.489 e. The van der Waals surface area contributed by atoms with Crippen LogP contribution in [-0.2, 0) is 16.7 Å². The molecule has 1 aliphatic carbocycles. The van der Waals surface area contributed by atoms with E-state index < -0.39 is 17.2 Å². The average molecular weight is 484 g/mol. The van der Waals surface area contributed by atoms with Gasteiger partial charge in [-0.15, -0.1) is 0 Å². The zero-order chi connectivity index (χ0) is 24.7. The lowest BCUT2D eigenvalue weighted by Crippen LogP contribution is -2.42. The van der Waals surface area contributed by atoms with E-state index in [-0.39, 0.29) is 39.4 Å². The summed E-state index contributed by atoms with van der Waals surface area (Å²) in [6, 6.07) is 6.26. The van der Waals surface area contributed by atoms with Crippen LogP contribution in [0.25, 0.3) is 10.9 Å². The Labute approximate surface area is 200 Å². The summed E-state index contributed by atoms with van der Waals surface area (Å²) in [4.78, 5) is 25.7. The van der Waals surface area contributed by atoms with Gasteiger partial charge in [0.2, 0.25) is 5.43 Å². The van der Waals surface area contributed by atoms with Gasteiger partial charge in [-0.1, -0.05) is 12.1 Å². The predicted octanol–water partition coefficient (Wildman–Crippen LogP) is 4.35. The van der Waals surface area contributed by atoms with Gasteiger partial charge >= 0.3 is 5.97 Å². The van der Waals surface area contributed by atoms with E-state index in [0.29, 0.717) is 37.9 Å². The third-order valence-electron chi connectivity index (χ3n) is 7.25. The van der Waals surface area contributed by atoms with Crippen LogP contribution in [0, 0.1) is 11.6 Å². The quantitative estimate of drug-likeness (QED) is 0.307. The molecule has 3 aromatic rings. The van der Waals surface area contributed by atoms with Crippen LogP contribution in [0.15, 0.2) is 35.3 Å². The number of pyridine rings is 1. The van der Waals surface area contributed by atoms with Gasteiger partial charge in [-0.05, 0) is 49.8 Å². The van der Waals surface area contributed by atoms with E-state index in [1.54, 1.807) is 12.1 Å². The van der Waals surface area contributed by atoms with Crippen LogP contribution in [-0.4, -0.2) is 30.8 Å². The first-order valence-electron chi connectivity index (χ1n) is 11.8. The number of anilines is 2. The highest BCUT2D eigenvalue weighted by Gasteiger charge is 2.43. The molecule has 0 saturated heterocycles. The maximum atomic E-state index is 15.6. The summed E-state index contributed by atoms with van der Waals surface area (Å²) in [5.41, 5.74) is 6.15. The van der Waals surface area contributed by atoms with Crippen LogP contribution < -0.4 is 21.2 Å². The van der Waals surface area contributed by atoms with Gasteiger partial charge < -0.3 is 25.1 Å². The van der Waals surface area contributed by atoms with Crippen molar-refractivity contribution in [3.63, 3.8) is 0 Å². The Hall–Kier alpha value is -3.62. The van der Waals surface area contributed by atoms with E-state index in [1.165, 1.54) is 25.4 Å². The van der Waals surface area contributed by atoms with E-state index >= 15 is 4.39 Å². The summed E-state index contributed by atoms with van der Waals surface area (Å²) in [6.45, 7) is 0.747. The Bertz CT molecular complexity index is 1360. The molecule has 1 spiro atoms. The first kappa shape index (κ1) is 23.1. The normalized spacial score (nSPS) is 15.9. The maximum Gasteiger partial charge on any atom is 0.343 e. The Morgan fingerprint density at radius 1 is 1.23 bits per heavy atom. The number of hydrogen-bond acceptors (Lipinski definition) is 6. The van der Waals surface area contributed by atoms with E-state index in [1.807, 2.05) is 4.57 Å². The number of aryl methyl sites for hydroxylation is 1. The first-order chi connectivity index (χ1) is 16.9. The summed E-state index contributed by atoms with van der Waals surface area (Å²) >= 11 is 0. The average Bonchev–Trinajstić information content (AvgIpc) is 3.00. The highest BCUT2D eigenvalue weighted by atomic mass is 19.1. The fourth-order valence-corrected chi connectivity index (χ4v) is 5.17. The number of halogens is 2. The van der Waals surface area contributed by atoms with Crippen molar-refractivity contribution in [2.75, 3.05) is 31.3 Å². The smallest absolute Gasteiger partial charge is 0.343 e. The molecular weight excluding hydrogens is 456 g/mol. The number of nitrogens with zero attached hydrogens (tertiary/aromatic N) is 1. The number of aromatic nitrogens is 1. The number of nitrogens with one attached hydrogen (secondary N) is 1. The van der Waals surface area contributed by atoms with Crippen molar-refractivity contribution in [2.24, 2.45) is 0 Å². The van der Waals surface area contributed by atoms with Crippen LogP contribution in [0.1, 0.15) is 48.0 Å². The number of ether oxygens (including phenoxy) is 2. The van der Waals surface area contributed by atoms with Crippen LogP contribution in [0.4, 0.5) is 20.2 Å². The van der Waals surface area contributed by atoms with Crippen molar-refractivity contribution < 1.29 is 23.0 Å². The molecule has 0 bridgehead atoms. The van der Waals surface area contributed by atoms with Gasteiger partial charge in [-0.2, -0.15) is 0 Å². The van der Waals surface area contributed by atoms with Gasteiger partial charge in [0.05, 0.1) is 30.3 Å². The van der Waals surface area contributed by atoms with Gasteiger partial charge in [0.15, 0.2) is 11.6 Å². The van der Waals surface area contributed by atoms with Crippen LogP contribution in [0.3, 0.4) is 0 Å². The van der Waals surface area contributed by atoms with Crippen molar-refractivity contribution in [1.29, 1.82) is 0 Å². The minimum absolute atomic E-state index is 0.0644. The van der Waals surface area contributed by atoms with Crippen LogP contribution >= 0.6 is 0 Å². The molecular formula is C26H27F2N3O4. The molecule has 35 heavy (non-hydrogen) atoms. The molecule has 1 aromatic heterocycles. The number of methoxy groups -OCH3 is 1. The van der Waals surface area contributed by atoms with E-state index in [0.717, 1.165) is 24.8 Å². The second-order valence-electron chi connectivity index (χ2n) is 9.22. The minimum Gasteiger partial charge on any atom is -0.489 e. The second-order valence-corrected chi connectivity index (χ2v) is 9.22. The zero-order valence-electron chi connectivity index (χ0n) is 19.5. The Morgan fingerprint density at radius 2 is 1.97 bits per heavy atom. The summed E-state index contributed by atoms with van der Waals surface area (Å²) in [5.74, 6) is -1.64. The molecule has 1 saturated carbocycles. The van der Waals surface area contributed by atoms with Gasteiger partial charge in [-0.3, -0.25) is 4.79 Å². The van der Waals surface area contributed by atoms with Crippen molar-refractivity contribution in [3.8, 4) is 5.75 Å². The van der Waals surface area contributed by atoms with E-state index in [9.17, 15) is 14.0 Å². The summed E-state index contributed by atoms with van der Waals surface area (Å²) < 4.78 is 41.5. The van der Waals surface area contributed by atoms with Crippen molar-refractivity contribution in [1.82, 2.24) is 4.57 Å². The molecule has 2 aliphatic rings. The molecule has 0 amide bonds. The van der Waals surface area contributed by atoms with Crippen LogP contribution in [0.2, 0.25) is 0 Å². The fraction of sp³-hybridized carbons (Fsp3) is 0.385. The molecule has 5 rings (SSSR count). The number of benzene rings is 2. The van der Waals surface area contributed by atoms with Gasteiger partial charge in [0.25, 0.3) is 0 Å². The number of esters is 1. The number of carbonyl (C=O) groups is 1. The lowest BCUT2D eigenvalue weighted by Gasteiger charge is -2.44. The second kappa shape index (κ2) is 8.87. The van der Waals surface area contributed by atoms with Crippen molar-refractivity contribution in [3.05, 3.63) is 63.4 Å². The predicted molar refractivity (Wildman–Crippen MR) is 129 cm³/mol. The summed E-state index contributed by atoms with van der Waals surface area (Å²) in [6.07, 6.45) is 6.21. The maximum absolute atomic E-state index is 15.6. The molecule has 3 N–H and O–H groups in total. The third kappa shape index (κ3) is 3.79. The SMILES string of the molecule is COC(=O)c1cn2c3c(c(NCCCc4ccc(F)cc4)c(F)c(N)c3c1=O)OCCC21CCC1. The number of nitrogen functional groups attached to an aromatic ring is 1. The zero-order valence-corrected chi connectivity index (χ0v) is 19.5. The fourth-order valence-electron chi connectivity index (χ4n) is 5.17. The molecule has 2 heterocycles. The number of hydrogen-bond donors (Lipinski definition) is 2. The number of nitrogens with two attached hydrogens (primary N) is 1. The molecule has 2 aromatic carbocycles. The van der Waals surface area contributed by atoms with Gasteiger partial charge in [0.1, 0.15) is 17.1 Å². The summed E-state index contributed by atoms with van der Waals surface area (Å²) in [5, 5.41) is 3.04. The molecule has 0 atom stereocenters. The first-order valence-corrected chi connectivity index (χ1v) is 11.8. The monoisotopic (exact) mass is 483 g/mol. The molecule has 0 radical (unpaired) electrons. The minimum atomic E-state index is -0.787. The molecule has 7 nitrogen and oxygen atoms in total.